The largest absolute Gasteiger partial charge is 0.466 e. The minimum absolute atomic E-state index is 0.0285. The highest BCUT2D eigenvalue weighted by atomic mass is 19.3. The van der Waals surface area contributed by atoms with Crippen LogP contribution < -0.4 is 5.73 Å². The summed E-state index contributed by atoms with van der Waals surface area (Å²) in [7, 11) is 0. The maximum Gasteiger partial charge on any atom is 0.311 e. The molecule has 102 valence electrons. The number of carbonyl (C=O) groups is 1. The van der Waals surface area contributed by atoms with Gasteiger partial charge < -0.3 is 10.5 Å². The smallest absolute Gasteiger partial charge is 0.311 e. The predicted molar refractivity (Wildman–Crippen MR) is 62.1 cm³/mol. The van der Waals surface area contributed by atoms with Gasteiger partial charge in [-0.3, -0.25) is 9.78 Å². The molecule has 19 heavy (non-hydrogen) atoms. The number of rotatable bonds is 5. The van der Waals surface area contributed by atoms with E-state index in [1.165, 1.54) is 0 Å². The summed E-state index contributed by atoms with van der Waals surface area (Å²) < 4.78 is 30.4. The van der Waals surface area contributed by atoms with Crippen LogP contribution in [0.4, 0.5) is 8.78 Å². The van der Waals surface area contributed by atoms with Crippen molar-refractivity contribution in [3.05, 3.63) is 28.6 Å². The van der Waals surface area contributed by atoms with Crippen molar-refractivity contribution in [2.75, 3.05) is 6.61 Å². The number of esters is 1. The molecule has 0 aliphatic rings. The second-order valence-corrected chi connectivity index (χ2v) is 3.62. The number of nitrogens with two attached hydrogens (primary N) is 1. The molecule has 0 saturated heterocycles. The highest BCUT2D eigenvalue weighted by Gasteiger charge is 2.20. The number of nitrogens with zero attached hydrogens (tertiary/aromatic N) is 2. The van der Waals surface area contributed by atoms with E-state index in [1.807, 2.05) is 0 Å². The van der Waals surface area contributed by atoms with Crippen molar-refractivity contribution in [1.29, 1.82) is 5.26 Å². The van der Waals surface area contributed by atoms with Crippen LogP contribution in [-0.2, 0) is 22.5 Å². The van der Waals surface area contributed by atoms with E-state index < -0.39 is 18.0 Å². The van der Waals surface area contributed by atoms with Crippen LogP contribution in [0.5, 0.6) is 0 Å². The fourth-order valence-electron chi connectivity index (χ4n) is 1.56. The van der Waals surface area contributed by atoms with E-state index in [1.54, 1.807) is 13.0 Å². The Morgan fingerprint density at radius 2 is 2.32 bits per heavy atom. The Bertz CT molecular complexity index is 512. The van der Waals surface area contributed by atoms with Gasteiger partial charge in [-0.25, -0.2) is 8.78 Å². The highest BCUT2D eigenvalue weighted by molar-refractivity contribution is 5.73. The van der Waals surface area contributed by atoms with Crippen LogP contribution in [0.15, 0.2) is 6.07 Å². The van der Waals surface area contributed by atoms with Crippen molar-refractivity contribution in [1.82, 2.24) is 4.98 Å². The van der Waals surface area contributed by atoms with Gasteiger partial charge in [0.2, 0.25) is 0 Å². The van der Waals surface area contributed by atoms with Gasteiger partial charge in [0.05, 0.1) is 30.0 Å². The van der Waals surface area contributed by atoms with E-state index in [2.05, 4.69) is 4.98 Å². The van der Waals surface area contributed by atoms with Crippen molar-refractivity contribution in [3.8, 4) is 6.07 Å². The van der Waals surface area contributed by atoms with Crippen molar-refractivity contribution >= 4 is 5.97 Å². The van der Waals surface area contributed by atoms with E-state index in [4.69, 9.17) is 15.7 Å². The molecule has 0 fully saturated rings. The van der Waals surface area contributed by atoms with Gasteiger partial charge in [0, 0.05) is 12.1 Å². The average Bonchev–Trinajstić information content (AvgIpc) is 2.37. The van der Waals surface area contributed by atoms with E-state index in [0.29, 0.717) is 0 Å². The third kappa shape index (κ3) is 3.69. The van der Waals surface area contributed by atoms with Crippen LogP contribution in [0.1, 0.15) is 35.9 Å². The average molecular weight is 269 g/mol. The number of hydrogen-bond donors (Lipinski definition) is 1. The zero-order chi connectivity index (χ0) is 14.4. The summed E-state index contributed by atoms with van der Waals surface area (Å²) in [6.07, 6.45) is -3.16. The fraction of sp³-hybridized carbons (Fsp3) is 0.417. The Labute approximate surface area is 109 Å². The number of aromatic nitrogens is 1. The molecule has 0 saturated carbocycles. The topological polar surface area (TPSA) is 89.0 Å². The van der Waals surface area contributed by atoms with Gasteiger partial charge in [-0.2, -0.15) is 5.26 Å². The number of nitriles is 1. The Morgan fingerprint density at radius 1 is 1.63 bits per heavy atom. The van der Waals surface area contributed by atoms with E-state index >= 15 is 0 Å². The molecule has 1 aromatic rings. The van der Waals surface area contributed by atoms with Crippen LogP contribution >= 0.6 is 0 Å². The van der Waals surface area contributed by atoms with Crippen LogP contribution in [-0.4, -0.2) is 17.6 Å². The zero-order valence-electron chi connectivity index (χ0n) is 10.3. The van der Waals surface area contributed by atoms with Crippen LogP contribution in [0.2, 0.25) is 0 Å². The van der Waals surface area contributed by atoms with E-state index in [-0.39, 0.29) is 36.5 Å². The van der Waals surface area contributed by atoms with Crippen LogP contribution in [0, 0.1) is 11.3 Å². The molecule has 0 amide bonds. The molecule has 0 aliphatic carbocycles. The monoisotopic (exact) mass is 269 g/mol. The molecule has 0 spiro atoms. The molecule has 1 aromatic heterocycles. The molecule has 0 radical (unpaired) electrons. The molecule has 2 N–H and O–H groups in total. The Balaban J connectivity index is 3.24. The first-order valence-electron chi connectivity index (χ1n) is 5.60. The van der Waals surface area contributed by atoms with Gasteiger partial charge in [-0.15, -0.1) is 0 Å². The summed E-state index contributed by atoms with van der Waals surface area (Å²) in [6, 6.07) is 2.73. The van der Waals surface area contributed by atoms with Gasteiger partial charge in [0.25, 0.3) is 6.43 Å². The second-order valence-electron chi connectivity index (χ2n) is 3.62. The second kappa shape index (κ2) is 6.75. The van der Waals surface area contributed by atoms with Gasteiger partial charge >= 0.3 is 5.97 Å². The first kappa shape index (κ1) is 15.0. The number of pyridine rings is 1. The summed E-state index contributed by atoms with van der Waals surface area (Å²) >= 11 is 0. The van der Waals surface area contributed by atoms with E-state index in [9.17, 15) is 13.6 Å². The maximum absolute atomic E-state index is 12.9. The molecular formula is C12H13F2N3O2. The number of carbonyl (C=O) groups excluding carboxylic acids is 1. The third-order valence-corrected chi connectivity index (χ3v) is 2.35. The zero-order valence-corrected chi connectivity index (χ0v) is 10.3. The summed E-state index contributed by atoms with van der Waals surface area (Å²) in [4.78, 5) is 15.3. The Morgan fingerprint density at radius 3 is 2.79 bits per heavy atom. The molecule has 0 bridgehead atoms. The summed E-state index contributed by atoms with van der Waals surface area (Å²) in [5, 5.41) is 8.95. The van der Waals surface area contributed by atoms with Gasteiger partial charge in [-0.05, 0) is 13.0 Å². The van der Waals surface area contributed by atoms with E-state index in [0.717, 1.165) is 6.07 Å². The van der Waals surface area contributed by atoms with Crippen molar-refractivity contribution in [3.63, 3.8) is 0 Å². The number of halogens is 2. The lowest BCUT2D eigenvalue weighted by Gasteiger charge is -2.10. The molecule has 1 rings (SSSR count). The normalized spacial score (nSPS) is 10.3. The minimum Gasteiger partial charge on any atom is -0.466 e. The lowest BCUT2D eigenvalue weighted by atomic mass is 10.0. The Hall–Kier alpha value is -2.07. The van der Waals surface area contributed by atoms with Gasteiger partial charge in [0.15, 0.2) is 0 Å². The molecule has 0 aromatic carbocycles. The molecular weight excluding hydrogens is 256 g/mol. The molecule has 5 nitrogen and oxygen atoms in total. The molecule has 7 heteroatoms. The van der Waals surface area contributed by atoms with Gasteiger partial charge in [0.1, 0.15) is 6.07 Å². The molecule has 0 aliphatic heterocycles. The highest BCUT2D eigenvalue weighted by Crippen LogP contribution is 2.25. The molecule has 0 unspecified atom stereocenters. The van der Waals surface area contributed by atoms with Crippen molar-refractivity contribution < 1.29 is 18.3 Å². The molecule has 0 atom stereocenters. The van der Waals surface area contributed by atoms with Crippen LogP contribution in [0.3, 0.4) is 0 Å². The number of alkyl halides is 2. The van der Waals surface area contributed by atoms with Crippen molar-refractivity contribution in [2.24, 2.45) is 5.73 Å². The Kier molecular flexibility index (Phi) is 5.33. The predicted octanol–water partition coefficient (Wildman–Crippen LogP) is 1.46. The summed E-state index contributed by atoms with van der Waals surface area (Å²) in [5.74, 6) is -0.624. The number of hydrogen-bond acceptors (Lipinski definition) is 5. The quantitative estimate of drug-likeness (QED) is 0.817. The SMILES string of the molecule is CCOC(=O)Cc1nc(CN)cc(C(F)F)c1C#N. The number of ether oxygens (including phenoxy) is 1. The first-order chi connectivity index (χ1) is 9.03. The maximum atomic E-state index is 12.9. The third-order valence-electron chi connectivity index (χ3n) is 2.35. The standard InChI is InChI=1S/C12H13F2N3O2/c1-2-19-11(18)4-10-9(6-16)8(12(13)14)3-7(5-15)17-10/h3,12H,2,4-5,15H2,1H3. The fourth-order valence-corrected chi connectivity index (χ4v) is 1.56. The lowest BCUT2D eigenvalue weighted by Crippen LogP contribution is -2.14. The minimum atomic E-state index is -2.83. The van der Waals surface area contributed by atoms with Crippen molar-refractivity contribution in [2.45, 2.75) is 26.3 Å². The lowest BCUT2D eigenvalue weighted by molar-refractivity contribution is -0.142. The van der Waals surface area contributed by atoms with Crippen LogP contribution in [0.25, 0.3) is 0 Å². The molecule has 1 heterocycles. The first-order valence-corrected chi connectivity index (χ1v) is 5.60. The summed E-state index contributed by atoms with van der Waals surface area (Å²) in [6.45, 7) is 1.73. The summed E-state index contributed by atoms with van der Waals surface area (Å²) in [5.41, 5.74) is 4.78. The van der Waals surface area contributed by atoms with Gasteiger partial charge in [-0.1, -0.05) is 0 Å².